The van der Waals surface area contributed by atoms with Crippen molar-refractivity contribution in [1.29, 1.82) is 0 Å². The summed E-state index contributed by atoms with van der Waals surface area (Å²) in [7, 11) is -3.25. The molecule has 0 aliphatic rings. The van der Waals surface area contributed by atoms with Crippen molar-refractivity contribution >= 4 is 33.0 Å². The third-order valence-corrected chi connectivity index (χ3v) is 4.15. The zero-order chi connectivity index (χ0) is 9.73. The first-order chi connectivity index (χ1) is 6.14. The van der Waals surface area contributed by atoms with E-state index in [4.69, 9.17) is 11.6 Å². The molecule has 0 spiro atoms. The molecule has 0 amide bonds. The highest BCUT2D eigenvalue weighted by Crippen LogP contribution is 2.08. The Balaban J connectivity index is 2.30. The van der Waals surface area contributed by atoms with Crippen LogP contribution in [0.25, 0.3) is 0 Å². The van der Waals surface area contributed by atoms with Crippen molar-refractivity contribution in [2.45, 2.75) is 6.42 Å². The summed E-state index contributed by atoms with van der Waals surface area (Å²) < 4.78 is 24.2. The maximum atomic E-state index is 10.9. The van der Waals surface area contributed by atoms with Crippen molar-refractivity contribution in [2.24, 2.45) is 0 Å². The Labute approximate surface area is 86.8 Å². The number of alkyl halides is 1. The number of halogens is 1. The van der Waals surface area contributed by atoms with Crippen LogP contribution in [0.4, 0.5) is 0 Å². The number of nitrogens with one attached hydrogen (secondary N) is 1. The standard InChI is InChI=1S/C7H10ClNO2S2/c8-6-13(10,11)9-4-3-7-2-1-5-12-7/h1-2,5,9H,3-4,6H2. The summed E-state index contributed by atoms with van der Waals surface area (Å²) in [5.74, 6) is 0. The highest BCUT2D eigenvalue weighted by atomic mass is 35.5. The minimum absolute atomic E-state index is 0.378. The zero-order valence-corrected chi connectivity index (χ0v) is 9.25. The zero-order valence-electron chi connectivity index (χ0n) is 6.86. The van der Waals surface area contributed by atoms with Crippen LogP contribution in [-0.2, 0) is 16.4 Å². The molecule has 0 bridgehead atoms. The summed E-state index contributed by atoms with van der Waals surface area (Å²) in [6.45, 7) is 0.412. The Morgan fingerprint density at radius 1 is 1.54 bits per heavy atom. The second-order valence-corrected chi connectivity index (χ2v) is 5.87. The Kier molecular flexibility index (Phi) is 4.18. The first kappa shape index (κ1) is 11.0. The van der Waals surface area contributed by atoms with Crippen LogP contribution in [0.3, 0.4) is 0 Å². The molecule has 0 aliphatic heterocycles. The lowest BCUT2D eigenvalue weighted by molar-refractivity contribution is 0.586. The molecule has 0 atom stereocenters. The highest BCUT2D eigenvalue weighted by molar-refractivity contribution is 7.90. The van der Waals surface area contributed by atoms with Gasteiger partial charge in [-0.3, -0.25) is 0 Å². The van der Waals surface area contributed by atoms with Crippen LogP contribution in [-0.4, -0.2) is 20.2 Å². The minimum atomic E-state index is -3.25. The number of sulfonamides is 1. The lowest BCUT2D eigenvalue weighted by atomic mass is 10.3. The Bertz CT molecular complexity index is 333. The Morgan fingerprint density at radius 3 is 2.85 bits per heavy atom. The fourth-order valence-electron chi connectivity index (χ4n) is 0.823. The molecule has 0 fully saturated rings. The quantitative estimate of drug-likeness (QED) is 0.790. The molecule has 1 aromatic rings. The molecule has 6 heteroatoms. The van der Waals surface area contributed by atoms with E-state index in [2.05, 4.69) is 4.72 Å². The van der Waals surface area contributed by atoms with E-state index in [0.29, 0.717) is 13.0 Å². The summed E-state index contributed by atoms with van der Waals surface area (Å²) >= 11 is 6.82. The molecular weight excluding hydrogens is 230 g/mol. The summed E-state index contributed by atoms with van der Waals surface area (Å²) in [4.78, 5) is 1.16. The second kappa shape index (κ2) is 4.95. The van der Waals surface area contributed by atoms with Crippen LogP contribution in [0.2, 0.25) is 0 Å². The molecule has 0 saturated carbocycles. The smallest absolute Gasteiger partial charge is 0.214 e. The Hall–Kier alpha value is -0.100. The lowest BCUT2D eigenvalue weighted by Gasteiger charge is -2.01. The van der Waals surface area contributed by atoms with Gasteiger partial charge in [-0.2, -0.15) is 0 Å². The van der Waals surface area contributed by atoms with Gasteiger partial charge in [0.05, 0.1) is 0 Å². The van der Waals surface area contributed by atoms with Crippen molar-refractivity contribution in [3.05, 3.63) is 22.4 Å². The second-order valence-electron chi connectivity index (χ2n) is 2.45. The van der Waals surface area contributed by atoms with Gasteiger partial charge in [-0.1, -0.05) is 6.07 Å². The first-order valence-electron chi connectivity index (χ1n) is 3.70. The molecule has 13 heavy (non-hydrogen) atoms. The summed E-state index contributed by atoms with van der Waals surface area (Å²) in [5, 5.41) is 1.59. The van der Waals surface area contributed by atoms with Gasteiger partial charge in [0.15, 0.2) is 0 Å². The molecule has 3 nitrogen and oxygen atoms in total. The van der Waals surface area contributed by atoms with Gasteiger partial charge in [0.1, 0.15) is 5.21 Å². The van der Waals surface area contributed by atoms with Crippen LogP contribution < -0.4 is 4.72 Å². The number of hydrogen-bond donors (Lipinski definition) is 1. The average Bonchev–Trinajstić information content (AvgIpc) is 2.57. The SMILES string of the molecule is O=S(=O)(CCl)NCCc1cccs1. The van der Waals surface area contributed by atoms with Crippen molar-refractivity contribution in [1.82, 2.24) is 4.72 Å². The average molecular weight is 240 g/mol. The van der Waals surface area contributed by atoms with Crippen LogP contribution in [0.1, 0.15) is 4.88 Å². The third kappa shape index (κ3) is 4.08. The van der Waals surface area contributed by atoms with Gasteiger partial charge in [0.2, 0.25) is 10.0 Å². The van der Waals surface area contributed by atoms with Crippen molar-refractivity contribution in [2.75, 3.05) is 11.8 Å². The van der Waals surface area contributed by atoms with Gasteiger partial charge >= 0.3 is 0 Å². The predicted octanol–water partition coefficient (Wildman–Crippen LogP) is 1.41. The van der Waals surface area contributed by atoms with E-state index in [1.807, 2.05) is 17.5 Å². The molecule has 1 N–H and O–H groups in total. The van der Waals surface area contributed by atoms with E-state index in [0.717, 1.165) is 4.88 Å². The maximum absolute atomic E-state index is 10.9. The van der Waals surface area contributed by atoms with E-state index in [9.17, 15) is 8.42 Å². The van der Waals surface area contributed by atoms with Gasteiger partial charge in [-0.15, -0.1) is 22.9 Å². The molecule has 0 unspecified atom stereocenters. The fraction of sp³-hybridized carbons (Fsp3) is 0.429. The van der Waals surface area contributed by atoms with Crippen LogP contribution in [0.5, 0.6) is 0 Å². The van der Waals surface area contributed by atoms with Crippen LogP contribution in [0, 0.1) is 0 Å². The van der Waals surface area contributed by atoms with E-state index in [1.165, 1.54) is 0 Å². The van der Waals surface area contributed by atoms with E-state index >= 15 is 0 Å². The van der Waals surface area contributed by atoms with Crippen LogP contribution in [0.15, 0.2) is 17.5 Å². The summed E-state index contributed by atoms with van der Waals surface area (Å²) in [6.07, 6.45) is 0.716. The van der Waals surface area contributed by atoms with Crippen molar-refractivity contribution in [3.63, 3.8) is 0 Å². The minimum Gasteiger partial charge on any atom is -0.214 e. The molecule has 0 aliphatic carbocycles. The third-order valence-electron chi connectivity index (χ3n) is 1.42. The van der Waals surface area contributed by atoms with Gasteiger partial charge in [-0.05, 0) is 17.9 Å². The largest absolute Gasteiger partial charge is 0.225 e. The normalized spacial score (nSPS) is 11.8. The molecule has 74 valence electrons. The first-order valence-corrected chi connectivity index (χ1v) is 6.76. The highest BCUT2D eigenvalue weighted by Gasteiger charge is 2.06. The molecule has 1 rings (SSSR count). The van der Waals surface area contributed by atoms with Gasteiger partial charge in [-0.25, -0.2) is 13.1 Å². The monoisotopic (exact) mass is 239 g/mol. The Morgan fingerprint density at radius 2 is 2.31 bits per heavy atom. The fourth-order valence-corrected chi connectivity index (χ4v) is 2.25. The summed E-state index contributed by atoms with van der Waals surface area (Å²) in [6, 6.07) is 3.91. The van der Waals surface area contributed by atoms with Crippen molar-refractivity contribution in [3.8, 4) is 0 Å². The predicted molar refractivity (Wildman–Crippen MR) is 55.7 cm³/mol. The van der Waals surface area contributed by atoms with E-state index in [-0.39, 0.29) is 5.21 Å². The van der Waals surface area contributed by atoms with Gasteiger partial charge < -0.3 is 0 Å². The van der Waals surface area contributed by atoms with Gasteiger partial charge in [0, 0.05) is 11.4 Å². The van der Waals surface area contributed by atoms with E-state index in [1.54, 1.807) is 11.3 Å². The van der Waals surface area contributed by atoms with Crippen molar-refractivity contribution < 1.29 is 8.42 Å². The molecular formula is C7H10ClNO2S2. The van der Waals surface area contributed by atoms with E-state index < -0.39 is 10.0 Å². The molecule has 1 heterocycles. The molecule has 0 aromatic carbocycles. The number of rotatable bonds is 5. The summed E-state index contributed by atoms with van der Waals surface area (Å²) in [5.41, 5.74) is 0. The molecule has 0 radical (unpaired) electrons. The number of thiophene rings is 1. The number of hydrogen-bond acceptors (Lipinski definition) is 3. The maximum Gasteiger partial charge on any atom is 0.225 e. The van der Waals surface area contributed by atoms with Crippen LogP contribution >= 0.6 is 22.9 Å². The van der Waals surface area contributed by atoms with Gasteiger partial charge in [0.25, 0.3) is 0 Å². The lowest BCUT2D eigenvalue weighted by Crippen LogP contribution is -2.26. The topological polar surface area (TPSA) is 46.2 Å². The molecule has 0 saturated heterocycles. The molecule has 1 aromatic heterocycles.